The molecule has 3 aliphatic rings. The molecule has 1 saturated carbocycles. The number of benzene rings is 1. The van der Waals surface area contributed by atoms with Gasteiger partial charge >= 0.3 is 0 Å². The van der Waals surface area contributed by atoms with E-state index in [0.29, 0.717) is 32.5 Å². The van der Waals surface area contributed by atoms with Crippen LogP contribution in [0, 0.1) is 12.3 Å². The molecule has 4 rings (SSSR count). The van der Waals surface area contributed by atoms with Gasteiger partial charge in [-0.1, -0.05) is 12.1 Å². The van der Waals surface area contributed by atoms with Crippen LogP contribution in [0.2, 0.25) is 0 Å². The Bertz CT molecular complexity index is 702. The molecule has 1 N–H and O–H groups in total. The molecule has 0 aromatic heterocycles. The van der Waals surface area contributed by atoms with Crippen LogP contribution in [0.25, 0.3) is 0 Å². The first-order valence-electron chi connectivity index (χ1n) is 10.1. The van der Waals surface area contributed by atoms with Crippen molar-refractivity contribution in [3.8, 4) is 0 Å². The van der Waals surface area contributed by atoms with Gasteiger partial charge in [0.15, 0.2) is 0 Å². The van der Waals surface area contributed by atoms with Crippen LogP contribution in [0.5, 0.6) is 0 Å². The number of nitrogens with zero attached hydrogens (tertiary/aromatic N) is 2. The van der Waals surface area contributed by atoms with E-state index in [0.717, 1.165) is 32.5 Å². The SMILES string of the molecule is Cc1cccc(N2CCN(C(=O)C3(C(=O)NCC4CCCO4)CC3)CC2)c1. The lowest BCUT2D eigenvalue weighted by Gasteiger charge is -2.37. The van der Waals surface area contributed by atoms with E-state index in [1.165, 1.54) is 11.3 Å². The highest BCUT2D eigenvalue weighted by atomic mass is 16.5. The summed E-state index contributed by atoms with van der Waals surface area (Å²) < 4.78 is 5.56. The third-order valence-corrected chi connectivity index (χ3v) is 6.04. The highest BCUT2D eigenvalue weighted by Crippen LogP contribution is 2.47. The molecular formula is C21H29N3O3. The highest BCUT2D eigenvalue weighted by Gasteiger charge is 2.58. The molecule has 2 heterocycles. The second kappa shape index (κ2) is 7.50. The number of rotatable bonds is 5. The van der Waals surface area contributed by atoms with Crippen LogP contribution < -0.4 is 10.2 Å². The number of carbonyl (C=O) groups is 2. The Kier molecular flexibility index (Phi) is 5.08. The normalized spacial score (nSPS) is 24.0. The molecule has 3 fully saturated rings. The van der Waals surface area contributed by atoms with Crippen molar-refractivity contribution in [3.63, 3.8) is 0 Å². The van der Waals surface area contributed by atoms with Gasteiger partial charge in [-0.15, -0.1) is 0 Å². The molecular weight excluding hydrogens is 342 g/mol. The number of piperazine rings is 1. The molecule has 146 valence electrons. The lowest BCUT2D eigenvalue weighted by molar-refractivity contribution is -0.144. The minimum atomic E-state index is -0.815. The van der Waals surface area contributed by atoms with E-state index in [1.54, 1.807) is 0 Å². The molecule has 1 aromatic rings. The summed E-state index contributed by atoms with van der Waals surface area (Å²) in [5.41, 5.74) is 1.63. The van der Waals surface area contributed by atoms with E-state index in [9.17, 15) is 9.59 Å². The molecule has 6 heteroatoms. The van der Waals surface area contributed by atoms with Gasteiger partial charge in [0.25, 0.3) is 0 Å². The number of anilines is 1. The molecule has 1 aromatic carbocycles. The maximum atomic E-state index is 13.0. The molecule has 2 aliphatic heterocycles. The third-order valence-electron chi connectivity index (χ3n) is 6.04. The average Bonchev–Trinajstić information content (AvgIpc) is 3.34. The first-order valence-corrected chi connectivity index (χ1v) is 10.1. The van der Waals surface area contributed by atoms with Crippen LogP contribution in [-0.2, 0) is 14.3 Å². The van der Waals surface area contributed by atoms with Crippen LogP contribution in [-0.4, -0.2) is 62.1 Å². The number of ether oxygens (including phenoxy) is 1. The second-order valence-electron chi connectivity index (χ2n) is 8.05. The van der Waals surface area contributed by atoms with Crippen molar-refractivity contribution in [2.45, 2.75) is 38.7 Å². The van der Waals surface area contributed by atoms with Gasteiger partial charge in [-0.05, 0) is 50.3 Å². The number of aryl methyl sites for hydroxylation is 1. The Labute approximate surface area is 160 Å². The zero-order valence-electron chi connectivity index (χ0n) is 16.1. The summed E-state index contributed by atoms with van der Waals surface area (Å²) in [5, 5.41) is 2.97. The Morgan fingerprint density at radius 2 is 2.00 bits per heavy atom. The first-order chi connectivity index (χ1) is 13.1. The monoisotopic (exact) mass is 371 g/mol. The Balaban J connectivity index is 1.31. The van der Waals surface area contributed by atoms with E-state index in [1.807, 2.05) is 4.90 Å². The predicted molar refractivity (Wildman–Crippen MR) is 104 cm³/mol. The molecule has 1 aliphatic carbocycles. The summed E-state index contributed by atoms with van der Waals surface area (Å²) >= 11 is 0. The van der Waals surface area contributed by atoms with E-state index >= 15 is 0 Å². The number of carbonyl (C=O) groups excluding carboxylic acids is 2. The first kappa shape index (κ1) is 18.3. The van der Waals surface area contributed by atoms with Gasteiger partial charge in [0.1, 0.15) is 5.41 Å². The molecule has 1 unspecified atom stereocenters. The summed E-state index contributed by atoms with van der Waals surface area (Å²) in [5.74, 6) is -0.0969. The van der Waals surface area contributed by atoms with Crippen LogP contribution >= 0.6 is 0 Å². The summed E-state index contributed by atoms with van der Waals surface area (Å²) in [4.78, 5) is 29.9. The van der Waals surface area contributed by atoms with Gasteiger partial charge < -0.3 is 19.9 Å². The van der Waals surface area contributed by atoms with Crippen LogP contribution in [0.4, 0.5) is 5.69 Å². The fourth-order valence-electron chi connectivity index (χ4n) is 4.14. The average molecular weight is 371 g/mol. The summed E-state index contributed by atoms with van der Waals surface area (Å²) in [6.45, 7) is 6.35. The predicted octanol–water partition coefficient (Wildman–Crippen LogP) is 1.72. The standard InChI is InChI=1S/C21H29N3O3/c1-16-4-2-5-17(14-16)23-9-11-24(12-10-23)20(26)21(7-8-21)19(25)22-15-18-6-3-13-27-18/h2,4-5,14,18H,3,6-13,15H2,1H3,(H,22,25). The van der Waals surface area contributed by atoms with Gasteiger partial charge in [-0.3, -0.25) is 9.59 Å². The van der Waals surface area contributed by atoms with Gasteiger partial charge in [-0.2, -0.15) is 0 Å². The minimum Gasteiger partial charge on any atom is -0.376 e. The zero-order chi connectivity index (χ0) is 18.9. The van der Waals surface area contributed by atoms with Crippen molar-refractivity contribution in [3.05, 3.63) is 29.8 Å². The Morgan fingerprint density at radius 1 is 1.22 bits per heavy atom. The van der Waals surface area contributed by atoms with Crippen molar-refractivity contribution in [2.24, 2.45) is 5.41 Å². The van der Waals surface area contributed by atoms with Crippen LogP contribution in [0.15, 0.2) is 24.3 Å². The highest BCUT2D eigenvalue weighted by molar-refractivity contribution is 6.07. The Hall–Kier alpha value is -2.08. The van der Waals surface area contributed by atoms with Crippen molar-refractivity contribution in [1.82, 2.24) is 10.2 Å². The van der Waals surface area contributed by atoms with E-state index in [-0.39, 0.29) is 17.9 Å². The smallest absolute Gasteiger partial charge is 0.238 e. The fourth-order valence-corrected chi connectivity index (χ4v) is 4.14. The molecule has 2 saturated heterocycles. The van der Waals surface area contributed by atoms with E-state index < -0.39 is 5.41 Å². The molecule has 0 radical (unpaired) electrons. The second-order valence-corrected chi connectivity index (χ2v) is 8.05. The molecule has 2 amide bonds. The number of hydrogen-bond donors (Lipinski definition) is 1. The summed E-state index contributed by atoms with van der Waals surface area (Å²) in [6, 6.07) is 8.46. The maximum absolute atomic E-state index is 13.0. The Morgan fingerprint density at radius 3 is 2.63 bits per heavy atom. The lowest BCUT2D eigenvalue weighted by Crippen LogP contribution is -2.53. The summed E-state index contributed by atoms with van der Waals surface area (Å²) in [6.07, 6.45) is 3.48. The van der Waals surface area contributed by atoms with Gasteiger partial charge in [-0.25, -0.2) is 0 Å². The van der Waals surface area contributed by atoms with Crippen LogP contribution in [0.1, 0.15) is 31.2 Å². The summed E-state index contributed by atoms with van der Waals surface area (Å²) in [7, 11) is 0. The van der Waals surface area contributed by atoms with Gasteiger partial charge in [0, 0.05) is 45.0 Å². The number of amides is 2. The fraction of sp³-hybridized carbons (Fsp3) is 0.619. The van der Waals surface area contributed by atoms with Crippen LogP contribution in [0.3, 0.4) is 0 Å². The quantitative estimate of drug-likeness (QED) is 0.801. The van der Waals surface area contributed by atoms with Crippen molar-refractivity contribution in [2.75, 3.05) is 44.2 Å². The molecule has 0 bridgehead atoms. The minimum absolute atomic E-state index is 0.0104. The molecule has 6 nitrogen and oxygen atoms in total. The van der Waals surface area contributed by atoms with Gasteiger partial charge in [0.2, 0.25) is 11.8 Å². The number of hydrogen-bond acceptors (Lipinski definition) is 4. The topological polar surface area (TPSA) is 61.9 Å². The van der Waals surface area contributed by atoms with E-state index in [4.69, 9.17) is 4.74 Å². The van der Waals surface area contributed by atoms with E-state index in [2.05, 4.69) is 41.4 Å². The molecule has 0 spiro atoms. The maximum Gasteiger partial charge on any atom is 0.238 e. The molecule has 1 atom stereocenters. The molecule has 27 heavy (non-hydrogen) atoms. The lowest BCUT2D eigenvalue weighted by atomic mass is 10.0. The number of nitrogens with one attached hydrogen (secondary N) is 1. The van der Waals surface area contributed by atoms with Crippen molar-refractivity contribution < 1.29 is 14.3 Å². The third kappa shape index (κ3) is 3.81. The van der Waals surface area contributed by atoms with Crippen molar-refractivity contribution >= 4 is 17.5 Å². The zero-order valence-corrected chi connectivity index (χ0v) is 16.1. The van der Waals surface area contributed by atoms with Gasteiger partial charge in [0.05, 0.1) is 6.10 Å². The largest absolute Gasteiger partial charge is 0.376 e. The van der Waals surface area contributed by atoms with Crippen molar-refractivity contribution in [1.29, 1.82) is 0 Å².